The highest BCUT2D eigenvalue weighted by atomic mass is 16.5. The lowest BCUT2D eigenvalue weighted by Gasteiger charge is -2.29. The number of aryl methyl sites for hydroxylation is 2. The van der Waals surface area contributed by atoms with Crippen molar-refractivity contribution in [3.63, 3.8) is 0 Å². The van der Waals surface area contributed by atoms with Crippen LogP contribution in [-0.2, 0) is 4.74 Å². The number of aromatic hydroxyl groups is 1. The number of carbonyl (C=O) groups excluding carboxylic acids is 1. The normalized spacial score (nSPS) is 14.4. The van der Waals surface area contributed by atoms with E-state index in [1.807, 2.05) is 39.0 Å². The van der Waals surface area contributed by atoms with Gasteiger partial charge < -0.3 is 20.1 Å². The molecule has 1 fully saturated rings. The Balaban J connectivity index is 1.79. The van der Waals surface area contributed by atoms with Crippen molar-refractivity contribution in [2.75, 3.05) is 36.5 Å². The van der Waals surface area contributed by atoms with Crippen molar-refractivity contribution in [2.45, 2.75) is 20.8 Å². The van der Waals surface area contributed by atoms with E-state index < -0.39 is 0 Å². The van der Waals surface area contributed by atoms with Crippen molar-refractivity contribution in [3.05, 3.63) is 52.6 Å². The molecule has 5 heteroatoms. The Bertz CT molecular complexity index is 796. The van der Waals surface area contributed by atoms with E-state index in [0.29, 0.717) is 5.56 Å². The van der Waals surface area contributed by atoms with Gasteiger partial charge in [-0.2, -0.15) is 0 Å². The highest BCUT2D eigenvalue weighted by molar-refractivity contribution is 6.06. The summed E-state index contributed by atoms with van der Waals surface area (Å²) in [5, 5.41) is 13.1. The van der Waals surface area contributed by atoms with Crippen molar-refractivity contribution >= 4 is 17.3 Å². The van der Waals surface area contributed by atoms with Gasteiger partial charge in [0.05, 0.1) is 18.8 Å². The number of carbonyl (C=O) groups is 1. The predicted molar refractivity (Wildman–Crippen MR) is 99.7 cm³/mol. The summed E-state index contributed by atoms with van der Waals surface area (Å²) in [6.07, 6.45) is 0. The third kappa shape index (κ3) is 3.61. The average molecular weight is 340 g/mol. The second-order valence-corrected chi connectivity index (χ2v) is 6.46. The molecule has 1 aliphatic rings. The Morgan fingerprint density at radius 3 is 2.48 bits per heavy atom. The number of phenols is 1. The molecule has 0 aliphatic carbocycles. The first-order valence-corrected chi connectivity index (χ1v) is 8.51. The lowest BCUT2D eigenvalue weighted by atomic mass is 10.0. The zero-order chi connectivity index (χ0) is 18.0. The summed E-state index contributed by atoms with van der Waals surface area (Å²) < 4.78 is 5.38. The molecule has 2 N–H and O–H groups in total. The van der Waals surface area contributed by atoms with E-state index in [1.54, 1.807) is 6.07 Å². The molecule has 0 bridgehead atoms. The maximum absolute atomic E-state index is 12.5. The van der Waals surface area contributed by atoms with Gasteiger partial charge in [0.15, 0.2) is 0 Å². The number of phenolic OH excluding ortho intramolecular Hbond substituents is 1. The molecule has 0 radical (unpaired) electrons. The Hall–Kier alpha value is -2.53. The Labute approximate surface area is 148 Å². The fourth-order valence-electron chi connectivity index (χ4n) is 2.98. The summed E-state index contributed by atoms with van der Waals surface area (Å²) in [5.74, 6) is -0.261. The van der Waals surface area contributed by atoms with Crippen LogP contribution < -0.4 is 10.2 Å². The van der Waals surface area contributed by atoms with Crippen LogP contribution >= 0.6 is 0 Å². The molecule has 2 aromatic rings. The number of hydrogen-bond acceptors (Lipinski definition) is 4. The zero-order valence-electron chi connectivity index (χ0n) is 14.9. The molecule has 1 aliphatic heterocycles. The molecule has 0 saturated carbocycles. The quantitative estimate of drug-likeness (QED) is 0.899. The van der Waals surface area contributed by atoms with E-state index in [0.717, 1.165) is 54.4 Å². The first-order valence-electron chi connectivity index (χ1n) is 8.51. The highest BCUT2D eigenvalue weighted by Crippen LogP contribution is 2.27. The fourth-order valence-corrected chi connectivity index (χ4v) is 2.98. The van der Waals surface area contributed by atoms with Crippen molar-refractivity contribution in [2.24, 2.45) is 0 Å². The minimum absolute atomic E-state index is 0.0417. The SMILES string of the molecule is Cc1cc(N2CCOCC2)ccc1NC(=O)c1ccc(C)c(C)c1O. The number of amides is 1. The summed E-state index contributed by atoms with van der Waals surface area (Å²) in [6, 6.07) is 9.49. The van der Waals surface area contributed by atoms with Crippen molar-refractivity contribution in [1.82, 2.24) is 0 Å². The van der Waals surface area contributed by atoms with Crippen molar-refractivity contribution in [3.8, 4) is 5.75 Å². The van der Waals surface area contributed by atoms with Crippen molar-refractivity contribution in [1.29, 1.82) is 0 Å². The molecule has 1 heterocycles. The summed E-state index contributed by atoms with van der Waals surface area (Å²) in [6.45, 7) is 8.92. The smallest absolute Gasteiger partial charge is 0.259 e. The van der Waals surface area contributed by atoms with Gasteiger partial charge in [-0.1, -0.05) is 6.07 Å². The van der Waals surface area contributed by atoms with Gasteiger partial charge in [0.2, 0.25) is 0 Å². The third-order valence-corrected chi connectivity index (χ3v) is 4.78. The summed E-state index contributed by atoms with van der Waals surface area (Å²) in [5.41, 5.74) is 4.85. The summed E-state index contributed by atoms with van der Waals surface area (Å²) in [7, 11) is 0. The number of ether oxygens (including phenoxy) is 1. The Morgan fingerprint density at radius 1 is 1.08 bits per heavy atom. The summed E-state index contributed by atoms with van der Waals surface area (Å²) in [4.78, 5) is 14.8. The molecular formula is C20H24N2O3. The average Bonchev–Trinajstić information content (AvgIpc) is 2.62. The lowest BCUT2D eigenvalue weighted by Crippen LogP contribution is -2.36. The van der Waals surface area contributed by atoms with E-state index in [9.17, 15) is 9.90 Å². The second kappa shape index (κ2) is 7.15. The number of benzene rings is 2. The third-order valence-electron chi connectivity index (χ3n) is 4.78. The summed E-state index contributed by atoms with van der Waals surface area (Å²) >= 11 is 0. The van der Waals surface area contributed by atoms with Gasteiger partial charge >= 0.3 is 0 Å². The number of anilines is 2. The number of morpholine rings is 1. The van der Waals surface area contributed by atoms with Gasteiger partial charge in [-0.3, -0.25) is 4.79 Å². The second-order valence-electron chi connectivity index (χ2n) is 6.46. The van der Waals surface area contributed by atoms with Crippen LogP contribution in [0.3, 0.4) is 0 Å². The van der Waals surface area contributed by atoms with E-state index >= 15 is 0 Å². The Kier molecular flexibility index (Phi) is 4.95. The fraction of sp³-hybridized carbons (Fsp3) is 0.350. The predicted octanol–water partition coefficient (Wildman–Crippen LogP) is 3.41. The first-order chi connectivity index (χ1) is 12.0. The standard InChI is InChI=1S/C20H24N2O3/c1-13-4-6-17(19(23)15(13)3)20(24)21-18-7-5-16(12-14(18)2)22-8-10-25-11-9-22/h4-7,12,23H,8-11H2,1-3H3,(H,21,24). The van der Waals surface area contributed by atoms with Gasteiger partial charge in [0.1, 0.15) is 5.75 Å². The number of rotatable bonds is 3. The van der Waals surface area contributed by atoms with E-state index in [4.69, 9.17) is 4.74 Å². The van der Waals surface area contributed by atoms with Crippen LogP contribution in [0.15, 0.2) is 30.3 Å². The molecule has 0 unspecified atom stereocenters. The van der Waals surface area contributed by atoms with Crippen LogP contribution in [0, 0.1) is 20.8 Å². The van der Waals surface area contributed by atoms with Gasteiger partial charge in [-0.25, -0.2) is 0 Å². The minimum Gasteiger partial charge on any atom is -0.507 e. The molecule has 1 amide bonds. The van der Waals surface area contributed by atoms with Gasteiger partial charge in [0, 0.05) is 24.5 Å². The van der Waals surface area contributed by atoms with Crippen molar-refractivity contribution < 1.29 is 14.6 Å². The van der Waals surface area contributed by atoms with Crippen LogP contribution in [0.2, 0.25) is 0 Å². The zero-order valence-corrected chi connectivity index (χ0v) is 14.9. The number of hydrogen-bond donors (Lipinski definition) is 2. The molecule has 0 aromatic heterocycles. The van der Waals surface area contributed by atoms with Gasteiger partial charge in [-0.05, 0) is 61.7 Å². The maximum Gasteiger partial charge on any atom is 0.259 e. The van der Waals surface area contributed by atoms with E-state index in [2.05, 4.69) is 16.3 Å². The van der Waals surface area contributed by atoms with Gasteiger partial charge in [-0.15, -0.1) is 0 Å². The molecule has 5 nitrogen and oxygen atoms in total. The van der Waals surface area contributed by atoms with Gasteiger partial charge in [0.25, 0.3) is 5.91 Å². The van der Waals surface area contributed by atoms with E-state index in [1.165, 1.54) is 0 Å². The van der Waals surface area contributed by atoms with Crippen LogP contribution in [0.5, 0.6) is 5.75 Å². The lowest BCUT2D eigenvalue weighted by molar-refractivity contribution is 0.102. The molecule has 2 aromatic carbocycles. The number of nitrogens with one attached hydrogen (secondary N) is 1. The Morgan fingerprint density at radius 2 is 1.80 bits per heavy atom. The first kappa shape index (κ1) is 17.3. The topological polar surface area (TPSA) is 61.8 Å². The number of nitrogens with zero attached hydrogens (tertiary/aromatic N) is 1. The van der Waals surface area contributed by atoms with Crippen LogP contribution in [0.1, 0.15) is 27.0 Å². The van der Waals surface area contributed by atoms with Crippen LogP contribution in [0.4, 0.5) is 11.4 Å². The van der Waals surface area contributed by atoms with E-state index in [-0.39, 0.29) is 11.7 Å². The molecule has 25 heavy (non-hydrogen) atoms. The highest BCUT2D eigenvalue weighted by Gasteiger charge is 2.16. The molecule has 3 rings (SSSR count). The van der Waals surface area contributed by atoms with Crippen LogP contribution in [-0.4, -0.2) is 37.3 Å². The minimum atomic E-state index is -0.303. The molecule has 0 spiro atoms. The molecule has 1 saturated heterocycles. The molecule has 0 atom stereocenters. The maximum atomic E-state index is 12.5. The monoisotopic (exact) mass is 340 g/mol. The largest absolute Gasteiger partial charge is 0.507 e. The molecule has 132 valence electrons. The molecular weight excluding hydrogens is 316 g/mol. The van der Waals surface area contributed by atoms with Crippen LogP contribution in [0.25, 0.3) is 0 Å².